The van der Waals surface area contributed by atoms with Gasteiger partial charge in [0, 0.05) is 0 Å². The van der Waals surface area contributed by atoms with Gasteiger partial charge in [0.15, 0.2) is 0 Å². The van der Waals surface area contributed by atoms with Gasteiger partial charge in [0.1, 0.15) is 5.76 Å². The van der Waals surface area contributed by atoms with Crippen molar-refractivity contribution in [1.82, 2.24) is 4.72 Å². The van der Waals surface area contributed by atoms with Gasteiger partial charge in [-0.05, 0) is 42.3 Å². The van der Waals surface area contributed by atoms with E-state index < -0.39 is 16.0 Å². The first-order chi connectivity index (χ1) is 10.4. The topological polar surface area (TPSA) is 99.4 Å². The summed E-state index contributed by atoms with van der Waals surface area (Å²) in [5, 5.41) is 10.4. The normalized spacial score (nSPS) is 11.9. The summed E-state index contributed by atoms with van der Waals surface area (Å²) in [4.78, 5) is 10.5. The van der Waals surface area contributed by atoms with Crippen LogP contribution < -0.4 is 9.83 Å². The van der Waals surface area contributed by atoms with Crippen molar-refractivity contribution in [3.63, 3.8) is 0 Å². The lowest BCUT2D eigenvalue weighted by Crippen LogP contribution is -2.23. The zero-order valence-corrected chi connectivity index (χ0v) is 12.6. The lowest BCUT2D eigenvalue weighted by atomic mass is 10.1. The van der Waals surface area contributed by atoms with Crippen molar-refractivity contribution < 1.29 is 22.7 Å². The average Bonchev–Trinajstić information content (AvgIpc) is 2.97. The number of aryl methyl sites for hydroxylation is 1. The Balaban J connectivity index is 2.25. The van der Waals surface area contributed by atoms with Crippen molar-refractivity contribution >= 4 is 22.1 Å². The fraction of sp³-hybridized carbons (Fsp3) is 0.133. The molecule has 0 fully saturated rings. The molecule has 22 heavy (non-hydrogen) atoms. The van der Waals surface area contributed by atoms with Gasteiger partial charge in [0.25, 0.3) is 0 Å². The first kappa shape index (κ1) is 16.0. The summed E-state index contributed by atoms with van der Waals surface area (Å²) >= 11 is 0. The number of nitrogens with one attached hydrogen (secondary N) is 1. The van der Waals surface area contributed by atoms with Gasteiger partial charge in [-0.2, -0.15) is 0 Å². The fourth-order valence-corrected chi connectivity index (χ4v) is 3.10. The quantitative estimate of drug-likeness (QED) is 0.795. The predicted octanol–water partition coefficient (Wildman–Crippen LogP) is 0.830. The molecule has 0 amide bonds. The molecule has 0 spiro atoms. The van der Waals surface area contributed by atoms with Crippen LogP contribution in [0.3, 0.4) is 0 Å². The minimum atomic E-state index is -3.74. The third-order valence-electron chi connectivity index (χ3n) is 2.93. The second-order valence-electron chi connectivity index (χ2n) is 4.58. The average molecular weight is 320 g/mol. The smallest absolute Gasteiger partial charge is 0.241 e. The zero-order valence-electron chi connectivity index (χ0n) is 11.8. The van der Waals surface area contributed by atoms with Crippen LogP contribution in [0, 0.1) is 6.92 Å². The van der Waals surface area contributed by atoms with Crippen LogP contribution >= 0.6 is 0 Å². The third kappa shape index (κ3) is 4.06. The van der Waals surface area contributed by atoms with Crippen LogP contribution in [0.15, 0.2) is 52.0 Å². The molecule has 1 heterocycles. The Morgan fingerprint density at radius 3 is 2.77 bits per heavy atom. The molecule has 116 valence electrons. The molecule has 7 heteroatoms. The molecule has 0 atom stereocenters. The Labute approximate surface area is 128 Å². The van der Waals surface area contributed by atoms with Crippen molar-refractivity contribution in [3.8, 4) is 0 Å². The molecule has 6 nitrogen and oxygen atoms in total. The summed E-state index contributed by atoms with van der Waals surface area (Å²) in [5.74, 6) is -0.852. The molecule has 2 rings (SSSR count). The molecule has 0 aliphatic heterocycles. The number of benzene rings is 1. The number of sulfonamides is 1. The van der Waals surface area contributed by atoms with E-state index in [2.05, 4.69) is 4.72 Å². The van der Waals surface area contributed by atoms with E-state index >= 15 is 0 Å². The van der Waals surface area contributed by atoms with Crippen molar-refractivity contribution in [1.29, 1.82) is 0 Å². The van der Waals surface area contributed by atoms with E-state index in [4.69, 9.17) is 4.42 Å². The molecule has 0 aliphatic carbocycles. The molecule has 1 aromatic heterocycles. The predicted molar refractivity (Wildman–Crippen MR) is 78.0 cm³/mol. The third-order valence-corrected chi connectivity index (χ3v) is 4.47. The van der Waals surface area contributed by atoms with E-state index in [0.29, 0.717) is 16.9 Å². The molecular weight excluding hydrogens is 306 g/mol. The first-order valence-electron chi connectivity index (χ1n) is 6.40. The molecule has 0 aliphatic rings. The van der Waals surface area contributed by atoms with E-state index in [-0.39, 0.29) is 11.4 Å². The van der Waals surface area contributed by atoms with Crippen LogP contribution in [-0.4, -0.2) is 14.4 Å². The molecular formula is C15H14NO5S-. The number of carboxylic acids is 1. The van der Waals surface area contributed by atoms with Crippen molar-refractivity contribution in [2.75, 3.05) is 0 Å². The maximum Gasteiger partial charge on any atom is 0.241 e. The van der Waals surface area contributed by atoms with E-state index in [0.717, 1.165) is 6.08 Å². The van der Waals surface area contributed by atoms with Gasteiger partial charge in [-0.15, -0.1) is 0 Å². The second kappa shape index (κ2) is 6.59. The van der Waals surface area contributed by atoms with Crippen LogP contribution in [0.4, 0.5) is 0 Å². The molecule has 0 saturated heterocycles. The van der Waals surface area contributed by atoms with Crippen LogP contribution in [0.2, 0.25) is 0 Å². The Hall–Kier alpha value is -2.38. The molecule has 1 N–H and O–H groups in total. The van der Waals surface area contributed by atoms with Crippen LogP contribution in [0.1, 0.15) is 16.9 Å². The Morgan fingerprint density at radius 2 is 2.14 bits per heavy atom. The molecule has 0 saturated carbocycles. The van der Waals surface area contributed by atoms with E-state index in [9.17, 15) is 18.3 Å². The lowest BCUT2D eigenvalue weighted by Gasteiger charge is -2.09. The summed E-state index contributed by atoms with van der Waals surface area (Å²) in [6.07, 6.45) is 3.58. The Morgan fingerprint density at radius 1 is 1.36 bits per heavy atom. The van der Waals surface area contributed by atoms with E-state index in [1.807, 2.05) is 0 Å². The number of aliphatic carboxylic acids is 1. The molecule has 0 radical (unpaired) electrons. The SMILES string of the molecule is Cc1ccc(/C=C/C(=O)[O-])cc1S(=O)(=O)NCc1ccco1. The summed E-state index contributed by atoms with van der Waals surface area (Å²) in [6.45, 7) is 1.70. The van der Waals surface area contributed by atoms with Crippen LogP contribution in [-0.2, 0) is 21.4 Å². The zero-order chi connectivity index (χ0) is 16.2. The van der Waals surface area contributed by atoms with Crippen molar-refractivity contribution in [3.05, 3.63) is 59.6 Å². The maximum absolute atomic E-state index is 12.3. The van der Waals surface area contributed by atoms with E-state index in [1.165, 1.54) is 18.4 Å². The minimum absolute atomic E-state index is 0.0356. The second-order valence-corrected chi connectivity index (χ2v) is 6.32. The van der Waals surface area contributed by atoms with Gasteiger partial charge in [-0.3, -0.25) is 0 Å². The largest absolute Gasteiger partial charge is 0.545 e. The van der Waals surface area contributed by atoms with Gasteiger partial charge in [-0.25, -0.2) is 13.1 Å². The number of carbonyl (C=O) groups excluding carboxylic acids is 1. The van der Waals surface area contributed by atoms with Crippen LogP contribution in [0.5, 0.6) is 0 Å². The molecule has 0 unspecified atom stereocenters. The summed E-state index contributed by atoms with van der Waals surface area (Å²) in [6, 6.07) is 7.96. The van der Waals surface area contributed by atoms with Crippen molar-refractivity contribution in [2.45, 2.75) is 18.4 Å². The highest BCUT2D eigenvalue weighted by Crippen LogP contribution is 2.18. The molecule has 2 aromatic rings. The number of hydrogen-bond donors (Lipinski definition) is 1. The highest BCUT2D eigenvalue weighted by atomic mass is 32.2. The Bertz CT molecular complexity index is 791. The Kier molecular flexibility index (Phi) is 4.79. The number of carboxylic acid groups (broad SMARTS) is 1. The summed E-state index contributed by atoms with van der Waals surface area (Å²) < 4.78 is 32.2. The number of carbonyl (C=O) groups is 1. The molecule has 1 aromatic carbocycles. The summed E-state index contributed by atoms with van der Waals surface area (Å²) in [7, 11) is -3.74. The van der Waals surface area contributed by atoms with Gasteiger partial charge >= 0.3 is 0 Å². The number of furan rings is 1. The van der Waals surface area contributed by atoms with E-state index in [1.54, 1.807) is 31.2 Å². The lowest BCUT2D eigenvalue weighted by molar-refractivity contribution is -0.297. The van der Waals surface area contributed by atoms with Crippen LogP contribution in [0.25, 0.3) is 6.08 Å². The standard InChI is InChI=1S/C15H15NO5S/c1-11-4-5-12(6-7-15(17)18)9-14(11)22(19,20)16-10-13-3-2-8-21-13/h2-9,16H,10H2,1H3,(H,17,18)/p-1/b7-6+. The van der Waals surface area contributed by atoms with Gasteiger partial charge in [0.05, 0.1) is 23.7 Å². The highest BCUT2D eigenvalue weighted by molar-refractivity contribution is 7.89. The van der Waals surface area contributed by atoms with Gasteiger partial charge in [-0.1, -0.05) is 18.2 Å². The number of rotatable bonds is 6. The fourth-order valence-electron chi connectivity index (χ4n) is 1.83. The first-order valence-corrected chi connectivity index (χ1v) is 7.88. The summed E-state index contributed by atoms with van der Waals surface area (Å²) in [5.41, 5.74) is 1.01. The van der Waals surface area contributed by atoms with Gasteiger partial charge < -0.3 is 14.3 Å². The highest BCUT2D eigenvalue weighted by Gasteiger charge is 2.17. The van der Waals surface area contributed by atoms with Gasteiger partial charge in [0.2, 0.25) is 10.0 Å². The maximum atomic E-state index is 12.3. The van der Waals surface area contributed by atoms with Crippen molar-refractivity contribution in [2.24, 2.45) is 0 Å². The monoisotopic (exact) mass is 320 g/mol. The molecule has 0 bridgehead atoms. The minimum Gasteiger partial charge on any atom is -0.545 e. The number of hydrogen-bond acceptors (Lipinski definition) is 5.